The van der Waals surface area contributed by atoms with Gasteiger partial charge in [0.2, 0.25) is 0 Å². The summed E-state index contributed by atoms with van der Waals surface area (Å²) in [5, 5.41) is 3.48. The summed E-state index contributed by atoms with van der Waals surface area (Å²) in [4.78, 5) is 11.7. The van der Waals surface area contributed by atoms with Gasteiger partial charge in [-0.25, -0.2) is 4.79 Å². The summed E-state index contributed by atoms with van der Waals surface area (Å²) in [7, 11) is 0. The molecule has 5 heteroatoms. The summed E-state index contributed by atoms with van der Waals surface area (Å²) < 4.78 is 11.4. The molecule has 0 spiro atoms. The molecule has 1 aliphatic rings. The van der Waals surface area contributed by atoms with Crippen molar-refractivity contribution in [1.29, 1.82) is 0 Å². The Bertz CT molecular complexity index is 330. The molecular formula is C15H28BrNO3. The fraction of sp³-hybridized carbons (Fsp3) is 0.933. The first-order valence-corrected chi connectivity index (χ1v) is 8.46. The van der Waals surface area contributed by atoms with Gasteiger partial charge in [-0.3, -0.25) is 0 Å². The largest absolute Gasteiger partial charge is 0.444 e. The Morgan fingerprint density at radius 1 is 1.30 bits per heavy atom. The first-order chi connectivity index (χ1) is 9.13. The van der Waals surface area contributed by atoms with E-state index in [2.05, 4.69) is 28.2 Å². The Labute approximate surface area is 131 Å². The van der Waals surface area contributed by atoms with Crippen LogP contribution in [0.15, 0.2) is 0 Å². The number of rotatable bonds is 5. The number of alkyl halides is 1. The second-order valence-corrected chi connectivity index (χ2v) is 7.66. The van der Waals surface area contributed by atoms with Crippen molar-refractivity contribution >= 4 is 22.0 Å². The van der Waals surface area contributed by atoms with Crippen molar-refractivity contribution in [3.05, 3.63) is 0 Å². The third-order valence-electron chi connectivity index (χ3n) is 3.39. The molecule has 20 heavy (non-hydrogen) atoms. The first kappa shape index (κ1) is 17.8. The van der Waals surface area contributed by atoms with Crippen molar-refractivity contribution in [2.75, 3.05) is 11.9 Å². The molecule has 1 fully saturated rings. The summed E-state index contributed by atoms with van der Waals surface area (Å²) in [6.45, 7) is 10.3. The molecule has 0 aromatic heterocycles. The Morgan fingerprint density at radius 2 is 1.95 bits per heavy atom. The second-order valence-electron chi connectivity index (χ2n) is 7.10. The number of carbonyl (C=O) groups is 1. The SMILES string of the molecule is CC1CCC(OC(C)(CBr)CNC(=O)OC(C)(C)C)C1. The lowest BCUT2D eigenvalue weighted by atomic mass is 10.1. The molecule has 0 radical (unpaired) electrons. The van der Waals surface area contributed by atoms with Gasteiger partial charge in [0.25, 0.3) is 0 Å². The van der Waals surface area contributed by atoms with E-state index in [0.29, 0.717) is 18.0 Å². The van der Waals surface area contributed by atoms with Gasteiger partial charge in [-0.2, -0.15) is 0 Å². The van der Waals surface area contributed by atoms with E-state index in [4.69, 9.17) is 9.47 Å². The molecule has 0 heterocycles. The molecule has 0 aromatic carbocycles. The lowest BCUT2D eigenvalue weighted by Gasteiger charge is -2.32. The van der Waals surface area contributed by atoms with Gasteiger partial charge in [0.1, 0.15) is 5.60 Å². The molecule has 1 rings (SSSR count). The maximum absolute atomic E-state index is 11.7. The third kappa shape index (κ3) is 6.44. The van der Waals surface area contributed by atoms with Crippen LogP contribution < -0.4 is 5.32 Å². The van der Waals surface area contributed by atoms with Crippen LogP contribution in [0, 0.1) is 5.92 Å². The molecule has 1 N–H and O–H groups in total. The number of ether oxygens (including phenoxy) is 2. The van der Waals surface area contributed by atoms with Gasteiger partial charge in [0.05, 0.1) is 18.2 Å². The van der Waals surface area contributed by atoms with Crippen LogP contribution in [0.1, 0.15) is 53.9 Å². The van der Waals surface area contributed by atoms with Crippen molar-refractivity contribution in [2.24, 2.45) is 5.92 Å². The fourth-order valence-electron chi connectivity index (χ4n) is 2.36. The van der Waals surface area contributed by atoms with Crippen LogP contribution in [0.2, 0.25) is 0 Å². The summed E-state index contributed by atoms with van der Waals surface area (Å²) in [5.41, 5.74) is -0.873. The average molecular weight is 350 g/mol. The van der Waals surface area contributed by atoms with E-state index in [1.807, 2.05) is 27.7 Å². The van der Waals surface area contributed by atoms with Gasteiger partial charge < -0.3 is 14.8 Å². The molecule has 1 aliphatic carbocycles. The lowest BCUT2D eigenvalue weighted by molar-refractivity contribution is -0.0642. The van der Waals surface area contributed by atoms with Crippen LogP contribution in [0.25, 0.3) is 0 Å². The zero-order valence-corrected chi connectivity index (χ0v) is 14.9. The molecule has 4 nitrogen and oxygen atoms in total. The number of halogens is 1. The van der Waals surface area contributed by atoms with Gasteiger partial charge in [0.15, 0.2) is 0 Å². The number of amides is 1. The molecule has 0 aromatic rings. The van der Waals surface area contributed by atoms with Crippen molar-refractivity contribution < 1.29 is 14.3 Å². The zero-order chi connectivity index (χ0) is 15.4. The highest BCUT2D eigenvalue weighted by Gasteiger charge is 2.32. The van der Waals surface area contributed by atoms with E-state index in [-0.39, 0.29) is 0 Å². The van der Waals surface area contributed by atoms with Crippen LogP contribution in [0.5, 0.6) is 0 Å². The molecule has 3 unspecified atom stereocenters. The normalized spacial score (nSPS) is 26.1. The topological polar surface area (TPSA) is 47.6 Å². The Morgan fingerprint density at radius 3 is 2.40 bits per heavy atom. The van der Waals surface area contributed by atoms with E-state index in [1.54, 1.807) is 0 Å². The number of carbonyl (C=O) groups excluding carboxylic acids is 1. The van der Waals surface area contributed by atoms with E-state index < -0.39 is 17.3 Å². The smallest absolute Gasteiger partial charge is 0.407 e. The molecule has 0 saturated heterocycles. The quantitative estimate of drug-likeness (QED) is 0.766. The molecule has 0 bridgehead atoms. The second kappa shape index (κ2) is 7.12. The minimum atomic E-state index is -0.476. The highest BCUT2D eigenvalue weighted by Crippen LogP contribution is 2.30. The molecule has 1 saturated carbocycles. The van der Waals surface area contributed by atoms with E-state index in [9.17, 15) is 4.79 Å². The van der Waals surface area contributed by atoms with Crippen molar-refractivity contribution in [3.8, 4) is 0 Å². The standard InChI is InChI=1S/C15H28BrNO3/c1-11-6-7-12(8-11)19-15(5,9-16)10-17-13(18)20-14(2,3)4/h11-12H,6-10H2,1-5H3,(H,17,18). The molecule has 3 atom stereocenters. The van der Waals surface area contributed by atoms with Crippen LogP contribution in [-0.4, -0.2) is 35.3 Å². The van der Waals surface area contributed by atoms with Crippen molar-refractivity contribution in [2.45, 2.75) is 71.2 Å². The van der Waals surface area contributed by atoms with E-state index in [1.165, 1.54) is 6.42 Å². The van der Waals surface area contributed by atoms with Crippen LogP contribution in [0.3, 0.4) is 0 Å². The Hall–Kier alpha value is -0.290. The number of nitrogens with one attached hydrogen (secondary N) is 1. The fourth-order valence-corrected chi connectivity index (χ4v) is 2.69. The van der Waals surface area contributed by atoms with Crippen molar-refractivity contribution in [1.82, 2.24) is 5.32 Å². The maximum atomic E-state index is 11.7. The van der Waals surface area contributed by atoms with Crippen LogP contribution in [0.4, 0.5) is 4.79 Å². The molecule has 1 amide bonds. The van der Waals surface area contributed by atoms with Gasteiger partial charge >= 0.3 is 6.09 Å². The van der Waals surface area contributed by atoms with E-state index in [0.717, 1.165) is 18.8 Å². The first-order valence-electron chi connectivity index (χ1n) is 7.34. The summed E-state index contributed by atoms with van der Waals surface area (Å²) in [5.74, 6) is 0.735. The summed E-state index contributed by atoms with van der Waals surface area (Å²) in [6, 6.07) is 0. The van der Waals surface area contributed by atoms with E-state index >= 15 is 0 Å². The molecular weight excluding hydrogens is 322 g/mol. The van der Waals surface area contributed by atoms with Gasteiger partial charge in [-0.1, -0.05) is 22.9 Å². The highest BCUT2D eigenvalue weighted by molar-refractivity contribution is 9.09. The Kier molecular flexibility index (Phi) is 6.32. The summed E-state index contributed by atoms with van der Waals surface area (Å²) in [6.07, 6.45) is 3.34. The van der Waals surface area contributed by atoms with Gasteiger partial charge in [0, 0.05) is 5.33 Å². The van der Waals surface area contributed by atoms with Crippen LogP contribution in [-0.2, 0) is 9.47 Å². The predicted molar refractivity (Wildman–Crippen MR) is 84.3 cm³/mol. The predicted octanol–water partition coefficient (Wildman–Crippen LogP) is 3.87. The van der Waals surface area contributed by atoms with Crippen LogP contribution >= 0.6 is 15.9 Å². The average Bonchev–Trinajstić information content (AvgIpc) is 2.70. The minimum Gasteiger partial charge on any atom is -0.444 e. The monoisotopic (exact) mass is 349 g/mol. The lowest BCUT2D eigenvalue weighted by Crippen LogP contribution is -2.47. The van der Waals surface area contributed by atoms with Gasteiger partial charge in [-0.05, 0) is 52.9 Å². The number of hydrogen-bond donors (Lipinski definition) is 1. The number of hydrogen-bond acceptors (Lipinski definition) is 3. The minimum absolute atomic E-state index is 0.299. The molecule has 0 aliphatic heterocycles. The maximum Gasteiger partial charge on any atom is 0.407 e. The van der Waals surface area contributed by atoms with Gasteiger partial charge in [-0.15, -0.1) is 0 Å². The number of alkyl carbamates (subject to hydrolysis) is 1. The van der Waals surface area contributed by atoms with Crippen molar-refractivity contribution in [3.63, 3.8) is 0 Å². The molecule has 118 valence electrons. The zero-order valence-electron chi connectivity index (χ0n) is 13.3. The Balaban J connectivity index is 2.42. The third-order valence-corrected chi connectivity index (χ3v) is 4.57. The highest BCUT2D eigenvalue weighted by atomic mass is 79.9. The summed E-state index contributed by atoms with van der Waals surface area (Å²) >= 11 is 3.49.